The van der Waals surface area contributed by atoms with E-state index < -0.39 is 0 Å². The van der Waals surface area contributed by atoms with Gasteiger partial charge >= 0.3 is 0 Å². The number of hydrogen-bond acceptors (Lipinski definition) is 4. The lowest BCUT2D eigenvalue weighted by Gasteiger charge is -2.08. The first-order valence-corrected chi connectivity index (χ1v) is 6.45. The number of carbonyl (C=O) groups excluding carboxylic acids is 1. The van der Waals surface area contributed by atoms with Crippen molar-refractivity contribution in [3.05, 3.63) is 54.1 Å². The number of nitrogens with zero attached hydrogens (tertiary/aromatic N) is 1. The Morgan fingerprint density at radius 3 is 2.71 bits per heavy atom. The van der Waals surface area contributed by atoms with Crippen molar-refractivity contribution in [2.45, 2.75) is 0 Å². The van der Waals surface area contributed by atoms with Gasteiger partial charge in [-0.25, -0.2) is 4.39 Å². The van der Waals surface area contributed by atoms with Crippen LogP contribution in [0.15, 0.2) is 42.6 Å². The number of amides is 1. The number of methoxy groups -OCH3 is 1. The molecule has 0 aliphatic carbocycles. The summed E-state index contributed by atoms with van der Waals surface area (Å²) in [7, 11) is 1.57. The molecule has 0 saturated heterocycles. The minimum atomic E-state index is -0.298. The second-order valence-corrected chi connectivity index (χ2v) is 4.31. The Morgan fingerprint density at radius 2 is 2.00 bits per heavy atom. The van der Waals surface area contributed by atoms with Gasteiger partial charge in [0.05, 0.1) is 6.61 Å². The standard InChI is InChI=1S/C15H16FN3O2/c1-21-9-8-18-15(20)14-10-13(6-7-17-14)19-12-4-2-11(16)3-5-12/h2-7,10H,8-9H2,1H3,(H,17,19)(H,18,20). The lowest BCUT2D eigenvalue weighted by atomic mass is 10.2. The van der Waals surface area contributed by atoms with Crippen molar-refractivity contribution in [2.75, 3.05) is 25.6 Å². The van der Waals surface area contributed by atoms with Crippen molar-refractivity contribution in [3.8, 4) is 0 Å². The lowest BCUT2D eigenvalue weighted by molar-refractivity contribution is 0.0932. The maximum atomic E-state index is 12.8. The van der Waals surface area contributed by atoms with Crippen LogP contribution in [0.1, 0.15) is 10.5 Å². The molecule has 1 aromatic carbocycles. The maximum absolute atomic E-state index is 12.8. The number of halogens is 1. The van der Waals surface area contributed by atoms with Gasteiger partial charge in [0.15, 0.2) is 0 Å². The fourth-order valence-electron chi connectivity index (χ4n) is 1.69. The van der Waals surface area contributed by atoms with Crippen LogP contribution in [0, 0.1) is 5.82 Å². The average molecular weight is 289 g/mol. The first-order chi connectivity index (χ1) is 10.2. The second kappa shape index (κ2) is 7.35. The van der Waals surface area contributed by atoms with Gasteiger partial charge in [0.1, 0.15) is 11.5 Å². The predicted octanol–water partition coefficient (Wildman–Crippen LogP) is 2.34. The van der Waals surface area contributed by atoms with Crippen molar-refractivity contribution in [1.82, 2.24) is 10.3 Å². The van der Waals surface area contributed by atoms with Crippen LogP contribution in [0.5, 0.6) is 0 Å². The molecular weight excluding hydrogens is 273 g/mol. The molecule has 0 aliphatic heterocycles. The minimum absolute atomic E-state index is 0.269. The molecule has 21 heavy (non-hydrogen) atoms. The van der Waals surface area contributed by atoms with Crippen LogP contribution in [0.4, 0.5) is 15.8 Å². The van der Waals surface area contributed by atoms with Crippen molar-refractivity contribution in [2.24, 2.45) is 0 Å². The number of carbonyl (C=O) groups is 1. The Hall–Kier alpha value is -2.47. The molecule has 1 amide bonds. The molecule has 0 fully saturated rings. The fourth-order valence-corrected chi connectivity index (χ4v) is 1.69. The SMILES string of the molecule is COCCNC(=O)c1cc(Nc2ccc(F)cc2)ccn1. The van der Waals surface area contributed by atoms with Crippen LogP contribution in [0.25, 0.3) is 0 Å². The summed E-state index contributed by atoms with van der Waals surface area (Å²) >= 11 is 0. The van der Waals surface area contributed by atoms with Crippen LogP contribution in [0.3, 0.4) is 0 Å². The van der Waals surface area contributed by atoms with Crippen LogP contribution < -0.4 is 10.6 Å². The van der Waals surface area contributed by atoms with E-state index in [1.807, 2.05) is 0 Å². The van der Waals surface area contributed by atoms with Gasteiger partial charge in [-0.3, -0.25) is 9.78 Å². The molecule has 1 aromatic heterocycles. The Kier molecular flexibility index (Phi) is 5.22. The zero-order valence-corrected chi connectivity index (χ0v) is 11.6. The Labute approximate surface area is 122 Å². The molecule has 2 aromatic rings. The summed E-state index contributed by atoms with van der Waals surface area (Å²) in [6.45, 7) is 0.867. The van der Waals surface area contributed by atoms with Gasteiger partial charge < -0.3 is 15.4 Å². The summed E-state index contributed by atoms with van der Waals surface area (Å²) < 4.78 is 17.7. The summed E-state index contributed by atoms with van der Waals surface area (Å²) in [6.07, 6.45) is 1.54. The van der Waals surface area contributed by atoms with Crippen molar-refractivity contribution in [3.63, 3.8) is 0 Å². The minimum Gasteiger partial charge on any atom is -0.383 e. The van der Waals surface area contributed by atoms with E-state index in [1.54, 1.807) is 31.4 Å². The van der Waals surface area contributed by atoms with Crippen LogP contribution >= 0.6 is 0 Å². The zero-order chi connectivity index (χ0) is 15.1. The first-order valence-electron chi connectivity index (χ1n) is 6.45. The van der Waals surface area contributed by atoms with Crippen molar-refractivity contribution in [1.29, 1.82) is 0 Å². The summed E-state index contributed by atoms with van der Waals surface area (Å²) in [6, 6.07) is 9.33. The van der Waals surface area contributed by atoms with Gasteiger partial charge in [-0.05, 0) is 36.4 Å². The third-order valence-corrected chi connectivity index (χ3v) is 2.72. The molecule has 5 nitrogen and oxygen atoms in total. The summed E-state index contributed by atoms with van der Waals surface area (Å²) in [5.74, 6) is -0.566. The molecule has 0 unspecified atom stereocenters. The zero-order valence-electron chi connectivity index (χ0n) is 11.6. The van der Waals surface area contributed by atoms with Crippen molar-refractivity contribution >= 4 is 17.3 Å². The van der Waals surface area contributed by atoms with Gasteiger partial charge in [0.2, 0.25) is 0 Å². The van der Waals surface area contributed by atoms with Crippen molar-refractivity contribution < 1.29 is 13.9 Å². The topological polar surface area (TPSA) is 63.2 Å². The molecule has 0 saturated carbocycles. The normalized spacial score (nSPS) is 10.2. The summed E-state index contributed by atoms with van der Waals surface area (Å²) in [5, 5.41) is 5.78. The van der Waals surface area contributed by atoms with Crippen LogP contribution in [0.2, 0.25) is 0 Å². The van der Waals surface area contributed by atoms with Gasteiger partial charge in [-0.15, -0.1) is 0 Å². The summed E-state index contributed by atoms with van der Waals surface area (Å²) in [5.41, 5.74) is 1.74. The first kappa shape index (κ1) is 14.9. The highest BCUT2D eigenvalue weighted by molar-refractivity contribution is 5.93. The second-order valence-electron chi connectivity index (χ2n) is 4.31. The molecule has 0 bridgehead atoms. The largest absolute Gasteiger partial charge is 0.383 e. The predicted molar refractivity (Wildman–Crippen MR) is 78.1 cm³/mol. The van der Waals surface area contributed by atoms with E-state index in [9.17, 15) is 9.18 Å². The molecule has 6 heteroatoms. The van der Waals surface area contributed by atoms with Gasteiger partial charge in [0, 0.05) is 31.2 Å². The highest BCUT2D eigenvalue weighted by atomic mass is 19.1. The molecular formula is C15H16FN3O2. The molecule has 110 valence electrons. The van der Waals surface area contributed by atoms with E-state index in [4.69, 9.17) is 4.74 Å². The number of hydrogen-bond donors (Lipinski definition) is 2. The number of aromatic nitrogens is 1. The highest BCUT2D eigenvalue weighted by Crippen LogP contribution is 2.17. The lowest BCUT2D eigenvalue weighted by Crippen LogP contribution is -2.27. The molecule has 0 aliphatic rings. The molecule has 1 heterocycles. The molecule has 0 radical (unpaired) electrons. The van der Waals surface area contributed by atoms with E-state index in [0.717, 1.165) is 5.69 Å². The Morgan fingerprint density at radius 1 is 1.24 bits per heavy atom. The quantitative estimate of drug-likeness (QED) is 0.801. The number of benzene rings is 1. The van der Waals surface area contributed by atoms with Gasteiger partial charge in [0.25, 0.3) is 5.91 Å². The third kappa shape index (κ3) is 4.54. The number of rotatable bonds is 6. The maximum Gasteiger partial charge on any atom is 0.270 e. The molecule has 0 atom stereocenters. The molecule has 0 spiro atoms. The number of anilines is 2. The summed E-state index contributed by atoms with van der Waals surface area (Å²) in [4.78, 5) is 15.9. The van der Waals surface area contributed by atoms with E-state index >= 15 is 0 Å². The van der Waals surface area contributed by atoms with Crippen LogP contribution in [-0.4, -0.2) is 31.2 Å². The number of ether oxygens (including phenoxy) is 1. The Bertz CT molecular complexity index is 602. The van der Waals surface area contributed by atoms with Gasteiger partial charge in [-0.2, -0.15) is 0 Å². The van der Waals surface area contributed by atoms with Crippen LogP contribution in [-0.2, 0) is 4.74 Å². The average Bonchev–Trinajstić information content (AvgIpc) is 2.50. The van der Waals surface area contributed by atoms with E-state index in [-0.39, 0.29) is 11.7 Å². The number of pyridine rings is 1. The smallest absolute Gasteiger partial charge is 0.270 e. The third-order valence-electron chi connectivity index (χ3n) is 2.72. The fraction of sp³-hybridized carbons (Fsp3) is 0.200. The molecule has 2 rings (SSSR count). The van der Waals surface area contributed by atoms with E-state index in [1.165, 1.54) is 18.3 Å². The highest BCUT2D eigenvalue weighted by Gasteiger charge is 2.07. The van der Waals surface area contributed by atoms with E-state index in [2.05, 4.69) is 15.6 Å². The van der Waals surface area contributed by atoms with E-state index in [0.29, 0.717) is 24.5 Å². The number of nitrogens with one attached hydrogen (secondary N) is 2. The monoisotopic (exact) mass is 289 g/mol. The molecule has 2 N–H and O–H groups in total. The Balaban J connectivity index is 2.03. The van der Waals surface area contributed by atoms with Gasteiger partial charge in [-0.1, -0.05) is 0 Å².